The molecule has 0 saturated heterocycles. The van der Waals surface area contributed by atoms with E-state index in [9.17, 15) is 0 Å². The van der Waals surface area contributed by atoms with Crippen molar-refractivity contribution in [3.05, 3.63) is 182 Å². The van der Waals surface area contributed by atoms with Crippen LogP contribution in [-0.2, 0) is 0 Å². The Labute approximate surface area is 321 Å². The van der Waals surface area contributed by atoms with E-state index >= 15 is 0 Å². The molecule has 11 rings (SSSR count). The van der Waals surface area contributed by atoms with Crippen molar-refractivity contribution in [3.63, 3.8) is 0 Å². The van der Waals surface area contributed by atoms with Gasteiger partial charge in [-0.05, 0) is 64.7 Å². The highest BCUT2D eigenvalue weighted by Crippen LogP contribution is 2.39. The fourth-order valence-electron chi connectivity index (χ4n) is 7.58. The van der Waals surface area contributed by atoms with Crippen LogP contribution >= 0.6 is 0 Å². The van der Waals surface area contributed by atoms with E-state index in [1.165, 1.54) is 0 Å². The molecule has 7 aromatic carbocycles. The second-order valence-corrected chi connectivity index (χ2v) is 13.8. The van der Waals surface area contributed by atoms with Crippen molar-refractivity contribution in [2.45, 2.75) is 0 Å². The molecule has 56 heavy (non-hydrogen) atoms. The van der Waals surface area contributed by atoms with E-state index < -0.39 is 0 Å². The summed E-state index contributed by atoms with van der Waals surface area (Å²) in [6, 6.07) is 61.8. The molecule has 0 spiro atoms. The van der Waals surface area contributed by atoms with Gasteiger partial charge in [0.25, 0.3) is 0 Å². The molecule has 0 unspecified atom stereocenters. The van der Waals surface area contributed by atoms with E-state index in [2.05, 4.69) is 97.1 Å². The predicted octanol–water partition coefficient (Wildman–Crippen LogP) is 13.1. The maximum absolute atomic E-state index is 6.43. The summed E-state index contributed by atoms with van der Waals surface area (Å²) in [4.78, 5) is 20.3. The second-order valence-electron chi connectivity index (χ2n) is 13.8. The molecule has 4 heterocycles. The molecular weight excluding hydrogens is 689 g/mol. The molecule has 262 valence electrons. The third-order valence-electron chi connectivity index (χ3n) is 10.3. The Kier molecular flexibility index (Phi) is 7.38. The summed E-state index contributed by atoms with van der Waals surface area (Å²) < 4.78 is 12.8. The quantitative estimate of drug-likeness (QED) is 0.170. The van der Waals surface area contributed by atoms with Gasteiger partial charge in [0.15, 0.2) is 22.8 Å². The standard InChI is InChI=1S/C50H30N4O2/c1-3-14-31(15-4-1)43-47-45(39-24-7-9-26-41(39)55-47)54-50(51-43)38-23-13-21-36(30-38)34-19-11-18-33(28-34)35-20-12-22-37(29-35)44-48-46(40-25-8-10-27-42(40)56-48)53-49(52-44)32-16-5-2-6-17-32/h1-30H. The molecule has 0 N–H and O–H groups in total. The molecule has 0 saturated carbocycles. The first-order chi connectivity index (χ1) is 27.7. The van der Waals surface area contributed by atoms with E-state index in [0.717, 1.165) is 88.9 Å². The molecule has 0 fully saturated rings. The summed E-state index contributed by atoms with van der Waals surface area (Å²) in [5.74, 6) is 1.30. The Bertz CT molecular complexity index is 3260. The fraction of sp³-hybridized carbons (Fsp3) is 0. The van der Waals surface area contributed by atoms with Gasteiger partial charge in [-0.3, -0.25) is 0 Å². The van der Waals surface area contributed by atoms with Gasteiger partial charge in [-0.15, -0.1) is 0 Å². The predicted molar refractivity (Wildman–Crippen MR) is 225 cm³/mol. The van der Waals surface area contributed by atoms with Crippen LogP contribution in [0.25, 0.3) is 112 Å². The first-order valence-electron chi connectivity index (χ1n) is 18.5. The van der Waals surface area contributed by atoms with Crippen LogP contribution in [0.3, 0.4) is 0 Å². The lowest BCUT2D eigenvalue weighted by Crippen LogP contribution is -1.94. The van der Waals surface area contributed by atoms with Gasteiger partial charge in [-0.25, -0.2) is 19.9 Å². The smallest absolute Gasteiger partial charge is 0.180 e. The average Bonchev–Trinajstić information content (AvgIpc) is 3.85. The van der Waals surface area contributed by atoms with E-state index in [0.29, 0.717) is 22.8 Å². The zero-order chi connectivity index (χ0) is 37.0. The highest BCUT2D eigenvalue weighted by atomic mass is 16.3. The van der Waals surface area contributed by atoms with Gasteiger partial charge in [-0.1, -0.05) is 140 Å². The molecule has 6 nitrogen and oxygen atoms in total. The van der Waals surface area contributed by atoms with E-state index in [1.807, 2.05) is 84.9 Å². The SMILES string of the molecule is c1ccc(-c2nc(-c3cccc(-c4cccc(-c5cccc(-c6nc(-c7ccccc7)c7oc8ccccc8c7n6)c5)c4)c3)c3oc4ccccc4c3n2)cc1. The third-order valence-corrected chi connectivity index (χ3v) is 10.3. The molecule has 0 bridgehead atoms. The summed E-state index contributed by atoms with van der Waals surface area (Å²) >= 11 is 0. The number of aromatic nitrogens is 4. The first-order valence-corrected chi connectivity index (χ1v) is 18.5. The van der Waals surface area contributed by atoms with E-state index in [-0.39, 0.29) is 0 Å². The third kappa shape index (κ3) is 5.43. The topological polar surface area (TPSA) is 77.8 Å². The molecule has 0 aliphatic rings. The second kappa shape index (κ2) is 13.0. The molecule has 0 aliphatic carbocycles. The maximum atomic E-state index is 6.43. The number of hydrogen-bond donors (Lipinski definition) is 0. The van der Waals surface area contributed by atoms with Crippen molar-refractivity contribution in [1.29, 1.82) is 0 Å². The van der Waals surface area contributed by atoms with Gasteiger partial charge in [0.1, 0.15) is 33.6 Å². The van der Waals surface area contributed by atoms with Crippen LogP contribution in [0.4, 0.5) is 0 Å². The van der Waals surface area contributed by atoms with Crippen LogP contribution in [0.2, 0.25) is 0 Å². The minimum Gasteiger partial charge on any atom is -0.452 e. The highest BCUT2D eigenvalue weighted by molar-refractivity contribution is 6.08. The van der Waals surface area contributed by atoms with Gasteiger partial charge in [-0.2, -0.15) is 0 Å². The van der Waals surface area contributed by atoms with Crippen LogP contribution in [0.1, 0.15) is 0 Å². The van der Waals surface area contributed by atoms with Gasteiger partial charge >= 0.3 is 0 Å². The van der Waals surface area contributed by atoms with Gasteiger partial charge in [0, 0.05) is 33.0 Å². The molecule has 0 radical (unpaired) electrons. The Hall–Kier alpha value is -7.70. The largest absolute Gasteiger partial charge is 0.452 e. The van der Waals surface area contributed by atoms with Crippen LogP contribution < -0.4 is 0 Å². The lowest BCUT2D eigenvalue weighted by Gasteiger charge is -2.11. The lowest BCUT2D eigenvalue weighted by atomic mass is 9.96. The zero-order valence-corrected chi connectivity index (χ0v) is 29.9. The van der Waals surface area contributed by atoms with Crippen molar-refractivity contribution >= 4 is 44.1 Å². The number of hydrogen-bond acceptors (Lipinski definition) is 6. The van der Waals surface area contributed by atoms with Crippen LogP contribution in [0.5, 0.6) is 0 Å². The maximum Gasteiger partial charge on any atom is 0.180 e. The Morgan fingerprint density at radius 2 is 0.661 bits per heavy atom. The number of rotatable bonds is 6. The van der Waals surface area contributed by atoms with Crippen LogP contribution in [0.15, 0.2) is 191 Å². The number of nitrogens with zero attached hydrogens (tertiary/aromatic N) is 4. The van der Waals surface area contributed by atoms with Gasteiger partial charge in [0.2, 0.25) is 0 Å². The van der Waals surface area contributed by atoms with Crippen molar-refractivity contribution in [3.8, 4) is 67.5 Å². The number of para-hydroxylation sites is 2. The highest BCUT2D eigenvalue weighted by Gasteiger charge is 2.20. The summed E-state index contributed by atoms with van der Waals surface area (Å²) in [7, 11) is 0. The van der Waals surface area contributed by atoms with Gasteiger partial charge in [0.05, 0.1) is 0 Å². The number of benzene rings is 7. The van der Waals surface area contributed by atoms with Crippen LogP contribution in [0, 0.1) is 0 Å². The Morgan fingerprint density at radius 3 is 1.21 bits per heavy atom. The molecular formula is C50H30N4O2. The number of furan rings is 2. The molecule has 6 heteroatoms. The van der Waals surface area contributed by atoms with Crippen molar-refractivity contribution in [2.24, 2.45) is 0 Å². The van der Waals surface area contributed by atoms with Crippen LogP contribution in [-0.4, -0.2) is 19.9 Å². The van der Waals surface area contributed by atoms with Gasteiger partial charge < -0.3 is 8.83 Å². The first kappa shape index (κ1) is 31.8. The minimum atomic E-state index is 0.644. The Morgan fingerprint density at radius 1 is 0.286 bits per heavy atom. The molecule has 0 amide bonds. The normalized spacial score (nSPS) is 11.6. The average molecular weight is 719 g/mol. The zero-order valence-electron chi connectivity index (χ0n) is 29.9. The summed E-state index contributed by atoms with van der Waals surface area (Å²) in [6.45, 7) is 0. The summed E-state index contributed by atoms with van der Waals surface area (Å²) in [5, 5.41) is 1.93. The molecule has 11 aromatic rings. The minimum absolute atomic E-state index is 0.644. The van der Waals surface area contributed by atoms with Crippen molar-refractivity contribution in [2.75, 3.05) is 0 Å². The van der Waals surface area contributed by atoms with E-state index in [1.54, 1.807) is 0 Å². The monoisotopic (exact) mass is 718 g/mol. The van der Waals surface area contributed by atoms with E-state index in [4.69, 9.17) is 28.8 Å². The number of fused-ring (bicyclic) bond motifs is 6. The van der Waals surface area contributed by atoms with Crippen molar-refractivity contribution < 1.29 is 8.83 Å². The lowest BCUT2D eigenvalue weighted by molar-refractivity contribution is 0.667. The Balaban J connectivity index is 1.00. The molecule has 0 aliphatic heterocycles. The molecule has 4 aromatic heterocycles. The summed E-state index contributed by atoms with van der Waals surface area (Å²) in [6.07, 6.45) is 0. The summed E-state index contributed by atoms with van der Waals surface area (Å²) in [5.41, 5.74) is 14.2. The fourth-order valence-corrected chi connectivity index (χ4v) is 7.58. The molecule has 0 atom stereocenters. The van der Waals surface area contributed by atoms with Crippen molar-refractivity contribution in [1.82, 2.24) is 19.9 Å².